The minimum absolute atomic E-state index is 0.0688. The van der Waals surface area contributed by atoms with Gasteiger partial charge in [0.05, 0.1) is 12.3 Å². The van der Waals surface area contributed by atoms with Gasteiger partial charge in [0.2, 0.25) is 5.60 Å². The zero-order valence-electron chi connectivity index (χ0n) is 20.6. The Bertz CT molecular complexity index is 1070. The van der Waals surface area contributed by atoms with Crippen LogP contribution in [-0.4, -0.2) is 53.6 Å². The van der Waals surface area contributed by atoms with Crippen LogP contribution in [0.4, 0.5) is 5.82 Å². The predicted octanol–water partition coefficient (Wildman–Crippen LogP) is 3.75. The van der Waals surface area contributed by atoms with E-state index in [2.05, 4.69) is 50.8 Å². The molecule has 2 saturated heterocycles. The standard InChI is InChI=1S/C23H35N5O4Si/c1-8-33(9-2,21(3,4)5)29-12-16-18-19(32-22(6,7)31-18)23(13-24,30-16)17-11-10-15-20(25)26-14-27-28(15)17/h10-11,14,16,18-19H,8-9,12H2,1-7H3,(H2,25,26,27)/t16-,18-,19-,23?/m1/s1. The van der Waals surface area contributed by atoms with Crippen molar-refractivity contribution >= 4 is 19.7 Å². The lowest BCUT2D eigenvalue weighted by Crippen LogP contribution is -2.48. The molecule has 180 valence electrons. The summed E-state index contributed by atoms with van der Waals surface area (Å²) in [5.74, 6) is -0.524. The molecule has 2 aromatic rings. The van der Waals surface area contributed by atoms with Crippen molar-refractivity contribution in [1.82, 2.24) is 14.6 Å². The second-order valence-electron chi connectivity index (χ2n) is 10.4. The number of nitrogens with two attached hydrogens (primary N) is 1. The van der Waals surface area contributed by atoms with Gasteiger partial charge >= 0.3 is 0 Å². The molecule has 0 spiro atoms. The molecule has 4 atom stereocenters. The van der Waals surface area contributed by atoms with Crippen LogP contribution >= 0.6 is 0 Å². The van der Waals surface area contributed by atoms with E-state index in [1.165, 1.54) is 6.33 Å². The monoisotopic (exact) mass is 473 g/mol. The number of ether oxygens (including phenoxy) is 3. The van der Waals surface area contributed by atoms with Gasteiger partial charge in [-0.1, -0.05) is 34.6 Å². The number of aromatic nitrogens is 3. The van der Waals surface area contributed by atoms with Crippen molar-refractivity contribution in [3.8, 4) is 6.07 Å². The number of nitrogens with zero attached hydrogens (tertiary/aromatic N) is 4. The summed E-state index contributed by atoms with van der Waals surface area (Å²) < 4.78 is 27.4. The van der Waals surface area contributed by atoms with Crippen LogP contribution in [0.2, 0.25) is 17.1 Å². The van der Waals surface area contributed by atoms with Crippen LogP contribution in [0.3, 0.4) is 0 Å². The summed E-state index contributed by atoms with van der Waals surface area (Å²) in [6, 6.07) is 7.98. The summed E-state index contributed by atoms with van der Waals surface area (Å²) in [7, 11) is -2.07. The Morgan fingerprint density at radius 1 is 1.21 bits per heavy atom. The highest BCUT2D eigenvalue weighted by Gasteiger charge is 2.65. The van der Waals surface area contributed by atoms with E-state index in [0.29, 0.717) is 23.6 Å². The number of fused-ring (bicyclic) bond motifs is 2. The third kappa shape index (κ3) is 3.67. The largest absolute Gasteiger partial charge is 0.414 e. The third-order valence-electron chi connectivity index (χ3n) is 7.29. The number of nitriles is 1. The average Bonchev–Trinajstić information content (AvgIpc) is 3.39. The fraction of sp³-hybridized carbons (Fsp3) is 0.696. The Morgan fingerprint density at radius 2 is 1.91 bits per heavy atom. The van der Waals surface area contributed by atoms with Crippen LogP contribution in [-0.2, 0) is 24.2 Å². The molecule has 0 saturated carbocycles. The summed E-state index contributed by atoms with van der Waals surface area (Å²) in [5, 5.41) is 14.9. The highest BCUT2D eigenvalue weighted by molar-refractivity contribution is 6.76. The zero-order valence-corrected chi connectivity index (χ0v) is 21.6. The average molecular weight is 474 g/mol. The molecule has 0 radical (unpaired) electrons. The van der Waals surface area contributed by atoms with Crippen LogP contribution in [0, 0.1) is 11.3 Å². The first-order valence-corrected chi connectivity index (χ1v) is 13.9. The maximum atomic E-state index is 10.5. The summed E-state index contributed by atoms with van der Waals surface area (Å²) in [5.41, 5.74) is 5.75. The normalized spacial score (nSPS) is 29.3. The van der Waals surface area contributed by atoms with E-state index >= 15 is 0 Å². The van der Waals surface area contributed by atoms with Gasteiger partial charge < -0.3 is 24.4 Å². The summed E-state index contributed by atoms with van der Waals surface area (Å²) in [4.78, 5) is 4.05. The van der Waals surface area contributed by atoms with Crippen molar-refractivity contribution in [3.63, 3.8) is 0 Å². The van der Waals surface area contributed by atoms with Crippen LogP contribution in [0.5, 0.6) is 0 Å². The van der Waals surface area contributed by atoms with E-state index < -0.39 is 38.0 Å². The van der Waals surface area contributed by atoms with Crippen molar-refractivity contribution in [1.29, 1.82) is 5.26 Å². The first kappa shape index (κ1) is 24.1. The molecule has 9 nitrogen and oxygen atoms in total. The van der Waals surface area contributed by atoms with Gasteiger partial charge in [0, 0.05) is 0 Å². The summed E-state index contributed by atoms with van der Waals surface area (Å²) in [6.07, 6.45) is -0.196. The minimum atomic E-state index is -2.07. The molecule has 10 heteroatoms. The van der Waals surface area contributed by atoms with E-state index in [9.17, 15) is 5.26 Å². The van der Waals surface area contributed by atoms with Gasteiger partial charge in [0.15, 0.2) is 19.9 Å². The lowest BCUT2D eigenvalue weighted by atomic mass is 9.92. The van der Waals surface area contributed by atoms with E-state index in [1.807, 2.05) is 13.8 Å². The van der Waals surface area contributed by atoms with Gasteiger partial charge in [-0.15, -0.1) is 0 Å². The Labute approximate surface area is 196 Å². The smallest absolute Gasteiger partial charge is 0.226 e. The number of anilines is 1. The van der Waals surface area contributed by atoms with E-state index in [-0.39, 0.29) is 5.04 Å². The van der Waals surface area contributed by atoms with Crippen molar-refractivity contribution in [2.75, 3.05) is 12.3 Å². The molecular weight excluding hydrogens is 438 g/mol. The predicted molar refractivity (Wildman–Crippen MR) is 126 cm³/mol. The van der Waals surface area contributed by atoms with E-state index in [1.54, 1.807) is 16.6 Å². The second-order valence-corrected chi connectivity index (χ2v) is 15.6. The van der Waals surface area contributed by atoms with Crippen LogP contribution < -0.4 is 5.73 Å². The lowest BCUT2D eigenvalue weighted by Gasteiger charge is -2.42. The Kier molecular flexibility index (Phi) is 5.86. The summed E-state index contributed by atoms with van der Waals surface area (Å²) >= 11 is 0. The first-order valence-electron chi connectivity index (χ1n) is 11.6. The lowest BCUT2D eigenvalue weighted by molar-refractivity contribution is -0.204. The molecule has 0 bridgehead atoms. The third-order valence-corrected chi connectivity index (χ3v) is 13.0. The second kappa shape index (κ2) is 8.03. The van der Waals surface area contributed by atoms with Crippen LogP contribution in [0.15, 0.2) is 18.5 Å². The summed E-state index contributed by atoms with van der Waals surface area (Å²) in [6.45, 7) is 15.2. The molecular formula is C23H35N5O4Si. The van der Waals surface area contributed by atoms with Crippen molar-refractivity contribution in [3.05, 3.63) is 24.2 Å². The fourth-order valence-corrected chi connectivity index (χ4v) is 9.38. The number of hydrogen-bond donors (Lipinski definition) is 1. The van der Waals surface area contributed by atoms with Gasteiger partial charge in [-0.05, 0) is 43.1 Å². The molecule has 1 unspecified atom stereocenters. The topological polar surface area (TPSA) is 117 Å². The maximum Gasteiger partial charge on any atom is 0.226 e. The van der Waals surface area contributed by atoms with Gasteiger partial charge in [0.25, 0.3) is 0 Å². The highest BCUT2D eigenvalue weighted by atomic mass is 28.4. The molecule has 0 amide bonds. The van der Waals surface area contributed by atoms with Crippen molar-refractivity contribution < 1.29 is 18.6 Å². The number of rotatable bonds is 6. The molecule has 0 aromatic carbocycles. The van der Waals surface area contributed by atoms with Gasteiger partial charge in [0.1, 0.15) is 36.2 Å². The Balaban J connectivity index is 1.73. The molecule has 4 heterocycles. The molecule has 0 aliphatic carbocycles. The SMILES string of the molecule is CC[Si](CC)(OC[C@H]1OC(C#N)(c2ccc3c(N)ncnn23)[C@@H]2OC(C)(C)O[C@@H]21)C(C)(C)C. The van der Waals surface area contributed by atoms with Crippen LogP contribution in [0.25, 0.3) is 5.52 Å². The van der Waals surface area contributed by atoms with Crippen molar-refractivity contribution in [2.24, 2.45) is 0 Å². The zero-order chi connectivity index (χ0) is 24.2. The van der Waals surface area contributed by atoms with Gasteiger partial charge in [-0.25, -0.2) is 9.50 Å². The molecule has 2 aliphatic heterocycles. The maximum absolute atomic E-state index is 10.5. The number of hydrogen-bond acceptors (Lipinski definition) is 8. The van der Waals surface area contributed by atoms with E-state index in [4.69, 9.17) is 24.4 Å². The van der Waals surface area contributed by atoms with Crippen molar-refractivity contribution in [2.45, 2.75) is 95.3 Å². The van der Waals surface area contributed by atoms with Gasteiger partial charge in [-0.2, -0.15) is 10.4 Å². The molecule has 2 aromatic heterocycles. The Morgan fingerprint density at radius 3 is 2.52 bits per heavy atom. The first-order chi connectivity index (χ1) is 15.4. The van der Waals surface area contributed by atoms with E-state index in [0.717, 1.165) is 12.1 Å². The molecule has 2 aliphatic rings. The Hall–Kier alpha value is -2.03. The quantitative estimate of drug-likeness (QED) is 0.630. The molecule has 2 fully saturated rings. The number of nitrogen functional groups attached to an aromatic ring is 1. The molecule has 2 N–H and O–H groups in total. The highest BCUT2D eigenvalue weighted by Crippen LogP contribution is 2.50. The van der Waals surface area contributed by atoms with Gasteiger partial charge in [-0.3, -0.25) is 0 Å². The van der Waals surface area contributed by atoms with Crippen LogP contribution in [0.1, 0.15) is 54.2 Å². The minimum Gasteiger partial charge on any atom is -0.414 e. The molecule has 4 rings (SSSR count). The fourth-order valence-electron chi connectivity index (χ4n) is 5.44. The molecule has 33 heavy (non-hydrogen) atoms.